The topological polar surface area (TPSA) is 74.6 Å². The fourth-order valence-corrected chi connectivity index (χ4v) is 1.70. The second-order valence-electron chi connectivity index (χ2n) is 6.49. The van der Waals surface area contributed by atoms with Crippen LogP contribution in [0.3, 0.4) is 0 Å². The first-order chi connectivity index (χ1) is 10.1. The van der Waals surface area contributed by atoms with Crippen molar-refractivity contribution in [2.45, 2.75) is 92.3 Å². The molecule has 4 nitrogen and oxygen atoms in total. The van der Waals surface area contributed by atoms with Crippen LogP contribution >= 0.6 is 0 Å². The Hall–Kier alpha value is -0.740. The highest BCUT2D eigenvalue weighted by molar-refractivity contribution is 5.80. The number of Topliss-reactive ketones (excluding diaryl/α,β-unsaturated/α-hetero) is 2. The molecule has 0 heterocycles. The summed E-state index contributed by atoms with van der Waals surface area (Å²) in [6.45, 7) is 11.4. The average Bonchev–Trinajstić information content (AvgIpc) is 2.44. The zero-order chi connectivity index (χ0) is 17.7. The molecule has 2 N–H and O–H groups in total. The molecule has 0 aromatic heterocycles. The van der Waals surface area contributed by atoms with Crippen LogP contribution in [0.1, 0.15) is 80.1 Å². The van der Waals surface area contributed by atoms with Crippen LogP contribution in [0.2, 0.25) is 0 Å². The number of carbonyl (C=O) groups excluding carboxylic acids is 2. The molecule has 4 heteroatoms. The van der Waals surface area contributed by atoms with Gasteiger partial charge in [0.15, 0.2) is 0 Å². The Balaban J connectivity index is 0. The van der Waals surface area contributed by atoms with E-state index in [4.69, 9.17) is 5.11 Å². The van der Waals surface area contributed by atoms with Crippen LogP contribution in [0, 0.1) is 11.8 Å². The van der Waals surface area contributed by atoms with Crippen LogP contribution in [0.25, 0.3) is 0 Å². The first kappa shape index (κ1) is 23.5. The minimum atomic E-state index is -0.421. The maximum absolute atomic E-state index is 11.1. The van der Waals surface area contributed by atoms with Crippen LogP contribution < -0.4 is 0 Å². The van der Waals surface area contributed by atoms with E-state index in [2.05, 4.69) is 0 Å². The molecular weight excluding hydrogens is 280 g/mol. The Labute approximate surface area is 136 Å². The summed E-state index contributed by atoms with van der Waals surface area (Å²) in [4.78, 5) is 22.1. The number of carbonyl (C=O) groups is 2. The average molecular weight is 316 g/mol. The molecule has 0 saturated heterocycles. The summed E-state index contributed by atoms with van der Waals surface area (Å²) in [6.07, 6.45) is 3.16. The zero-order valence-electron chi connectivity index (χ0n) is 15.3. The summed E-state index contributed by atoms with van der Waals surface area (Å²) < 4.78 is 0. The van der Waals surface area contributed by atoms with Crippen molar-refractivity contribution in [2.75, 3.05) is 0 Å². The van der Waals surface area contributed by atoms with Gasteiger partial charge in [0.25, 0.3) is 0 Å². The molecule has 0 aliphatic carbocycles. The first-order valence-corrected chi connectivity index (χ1v) is 8.57. The summed E-state index contributed by atoms with van der Waals surface area (Å²) in [5.74, 6) is 0.573. The van der Waals surface area contributed by atoms with E-state index in [0.717, 1.165) is 19.3 Å². The van der Waals surface area contributed by atoms with Gasteiger partial charge in [-0.3, -0.25) is 9.59 Å². The zero-order valence-corrected chi connectivity index (χ0v) is 15.3. The van der Waals surface area contributed by atoms with Crippen molar-refractivity contribution in [1.29, 1.82) is 0 Å². The maximum atomic E-state index is 11.1. The lowest BCUT2D eigenvalue weighted by Crippen LogP contribution is -2.16. The highest BCUT2D eigenvalue weighted by Crippen LogP contribution is 2.07. The van der Waals surface area contributed by atoms with E-state index in [0.29, 0.717) is 19.3 Å². The Kier molecular flexibility index (Phi) is 14.9. The first-order valence-electron chi connectivity index (χ1n) is 8.57. The molecule has 0 fully saturated rings. The molecule has 0 spiro atoms. The number of ketones is 2. The fourth-order valence-electron chi connectivity index (χ4n) is 1.70. The molecule has 0 aliphatic rings. The Morgan fingerprint density at radius 2 is 1.32 bits per heavy atom. The molecule has 2 unspecified atom stereocenters. The van der Waals surface area contributed by atoms with Crippen molar-refractivity contribution in [3.8, 4) is 0 Å². The Morgan fingerprint density at radius 1 is 0.818 bits per heavy atom. The van der Waals surface area contributed by atoms with Crippen molar-refractivity contribution in [3.05, 3.63) is 0 Å². The normalized spacial score (nSPS) is 13.5. The molecule has 22 heavy (non-hydrogen) atoms. The van der Waals surface area contributed by atoms with E-state index in [1.54, 1.807) is 0 Å². The summed E-state index contributed by atoms with van der Waals surface area (Å²) in [6, 6.07) is 0. The van der Waals surface area contributed by atoms with Crippen LogP contribution in [0.5, 0.6) is 0 Å². The van der Waals surface area contributed by atoms with Gasteiger partial charge in [-0.05, 0) is 19.3 Å². The van der Waals surface area contributed by atoms with Crippen molar-refractivity contribution < 1.29 is 19.8 Å². The standard InChI is InChI=1S/2C9H18O2/c1-4-8(10)5-6-9(11)7(2)3;1-4-5-8(10)6-9(11)7(2)3/h2*7-8,10H,4-6H2,1-3H3. The molecule has 0 amide bonds. The van der Waals surface area contributed by atoms with Gasteiger partial charge in [0.2, 0.25) is 0 Å². The van der Waals surface area contributed by atoms with Gasteiger partial charge >= 0.3 is 0 Å². The molecule has 0 rings (SSSR count). The minimum absolute atomic E-state index is 0.0570. The monoisotopic (exact) mass is 316 g/mol. The Morgan fingerprint density at radius 3 is 1.68 bits per heavy atom. The molecule has 0 bridgehead atoms. The molecule has 0 aliphatic heterocycles. The number of hydrogen-bond acceptors (Lipinski definition) is 4. The lowest BCUT2D eigenvalue weighted by Gasteiger charge is -2.09. The minimum Gasteiger partial charge on any atom is -0.393 e. The highest BCUT2D eigenvalue weighted by atomic mass is 16.3. The second-order valence-corrected chi connectivity index (χ2v) is 6.49. The predicted molar refractivity (Wildman–Crippen MR) is 90.8 cm³/mol. The van der Waals surface area contributed by atoms with Gasteiger partial charge in [-0.25, -0.2) is 0 Å². The fraction of sp³-hybridized carbons (Fsp3) is 0.889. The van der Waals surface area contributed by atoms with E-state index < -0.39 is 6.10 Å². The van der Waals surface area contributed by atoms with E-state index in [1.165, 1.54) is 0 Å². The third-order valence-corrected chi connectivity index (χ3v) is 3.54. The molecule has 132 valence electrons. The molecule has 0 saturated carbocycles. The van der Waals surface area contributed by atoms with Gasteiger partial charge in [-0.15, -0.1) is 0 Å². The second kappa shape index (κ2) is 13.9. The third kappa shape index (κ3) is 14.2. The van der Waals surface area contributed by atoms with Crippen LogP contribution in [0.15, 0.2) is 0 Å². The Bertz CT molecular complexity index is 297. The van der Waals surface area contributed by atoms with Crippen molar-refractivity contribution in [3.63, 3.8) is 0 Å². The van der Waals surface area contributed by atoms with Gasteiger partial charge < -0.3 is 10.2 Å². The summed E-state index contributed by atoms with van der Waals surface area (Å²) in [7, 11) is 0. The van der Waals surface area contributed by atoms with Crippen LogP contribution in [0.4, 0.5) is 0 Å². The predicted octanol–water partition coefficient (Wildman–Crippen LogP) is 3.53. The summed E-state index contributed by atoms with van der Waals surface area (Å²) >= 11 is 0. The van der Waals surface area contributed by atoms with E-state index in [1.807, 2.05) is 41.5 Å². The lowest BCUT2D eigenvalue weighted by atomic mass is 10.0. The van der Waals surface area contributed by atoms with Crippen molar-refractivity contribution >= 4 is 11.6 Å². The van der Waals surface area contributed by atoms with Crippen molar-refractivity contribution in [1.82, 2.24) is 0 Å². The number of aliphatic hydroxyl groups is 2. The maximum Gasteiger partial charge on any atom is 0.137 e. The van der Waals surface area contributed by atoms with Gasteiger partial charge in [0.05, 0.1) is 12.2 Å². The lowest BCUT2D eigenvalue weighted by molar-refractivity contribution is -0.124. The van der Waals surface area contributed by atoms with E-state index in [9.17, 15) is 14.7 Å². The van der Waals surface area contributed by atoms with Gasteiger partial charge in [0.1, 0.15) is 11.6 Å². The van der Waals surface area contributed by atoms with Crippen LogP contribution in [-0.2, 0) is 9.59 Å². The van der Waals surface area contributed by atoms with E-state index in [-0.39, 0.29) is 29.5 Å². The quantitative estimate of drug-likeness (QED) is 0.646. The van der Waals surface area contributed by atoms with Gasteiger partial charge in [-0.2, -0.15) is 0 Å². The van der Waals surface area contributed by atoms with E-state index >= 15 is 0 Å². The molecule has 0 aromatic carbocycles. The summed E-state index contributed by atoms with van der Waals surface area (Å²) in [5, 5.41) is 18.4. The van der Waals surface area contributed by atoms with Crippen molar-refractivity contribution in [2.24, 2.45) is 11.8 Å². The third-order valence-electron chi connectivity index (χ3n) is 3.54. The molecule has 2 atom stereocenters. The molecule has 0 radical (unpaired) electrons. The van der Waals surface area contributed by atoms with Gasteiger partial charge in [-0.1, -0.05) is 48.0 Å². The highest BCUT2D eigenvalue weighted by Gasteiger charge is 2.12. The molecular formula is C18H36O4. The molecule has 0 aromatic rings. The largest absolute Gasteiger partial charge is 0.393 e. The summed E-state index contributed by atoms with van der Waals surface area (Å²) in [5.41, 5.74) is 0. The van der Waals surface area contributed by atoms with Gasteiger partial charge in [0, 0.05) is 24.7 Å². The number of aliphatic hydroxyl groups excluding tert-OH is 2. The number of hydrogen-bond donors (Lipinski definition) is 2. The number of rotatable bonds is 10. The van der Waals surface area contributed by atoms with Crippen LogP contribution in [-0.4, -0.2) is 34.0 Å². The SMILES string of the molecule is CCC(O)CCC(=O)C(C)C.CCCC(O)CC(=O)C(C)C. The smallest absolute Gasteiger partial charge is 0.137 e.